The molecule has 0 spiro atoms. The minimum Gasteiger partial charge on any atom is -0.306 e. The van der Waals surface area contributed by atoms with Crippen molar-refractivity contribution in [2.75, 3.05) is 0 Å². The van der Waals surface area contributed by atoms with Crippen LogP contribution in [0.4, 0.5) is 4.39 Å². The zero-order valence-electron chi connectivity index (χ0n) is 10.7. The summed E-state index contributed by atoms with van der Waals surface area (Å²) in [5, 5.41) is 2.55. The van der Waals surface area contributed by atoms with Gasteiger partial charge in [-0.1, -0.05) is 18.2 Å². The number of rotatable bonds is 2. The Hall–Kier alpha value is -2.27. The van der Waals surface area contributed by atoms with E-state index in [4.69, 9.17) is 0 Å². The van der Waals surface area contributed by atoms with E-state index in [9.17, 15) is 9.18 Å². The summed E-state index contributed by atoms with van der Waals surface area (Å²) in [6.45, 7) is 1.89. The van der Waals surface area contributed by atoms with Crippen molar-refractivity contribution >= 4 is 33.7 Å². The second-order valence-electron chi connectivity index (χ2n) is 4.44. The van der Waals surface area contributed by atoms with Gasteiger partial charge in [0.05, 0.1) is 5.39 Å². The molecule has 0 aliphatic heterocycles. The highest BCUT2D eigenvalue weighted by Gasteiger charge is 2.06. The van der Waals surface area contributed by atoms with Gasteiger partial charge in [0, 0.05) is 0 Å². The summed E-state index contributed by atoms with van der Waals surface area (Å²) in [6.07, 6.45) is 3.39. The smallest absolute Gasteiger partial charge is 0.260 e. The largest absolute Gasteiger partial charge is 0.306 e. The Bertz CT molecular complexity index is 864. The van der Waals surface area contributed by atoms with E-state index in [0.29, 0.717) is 16.0 Å². The number of thiophene rings is 1. The van der Waals surface area contributed by atoms with Crippen molar-refractivity contribution in [2.45, 2.75) is 6.92 Å². The molecular weight excluding hydrogens is 275 g/mol. The standard InChI is InChI=1S/C15H11FN2OS/c1-9-8-20-15-13(9)14(19)17-12(18-15)6-5-10-3-2-4-11(16)7-10/h2-8H,1H3,(H,17,18,19). The molecule has 2 heterocycles. The molecular formula is C15H11FN2OS. The number of hydrogen-bond acceptors (Lipinski definition) is 3. The van der Waals surface area contributed by atoms with E-state index in [0.717, 1.165) is 11.1 Å². The van der Waals surface area contributed by atoms with Crippen LogP contribution in [0.25, 0.3) is 22.4 Å². The molecule has 0 fully saturated rings. The molecule has 3 nitrogen and oxygen atoms in total. The highest BCUT2D eigenvalue weighted by atomic mass is 32.1. The molecule has 0 aliphatic carbocycles. The first-order valence-electron chi connectivity index (χ1n) is 6.05. The molecule has 0 bridgehead atoms. The van der Waals surface area contributed by atoms with Crippen LogP contribution in [0.3, 0.4) is 0 Å². The van der Waals surface area contributed by atoms with Gasteiger partial charge in [-0.15, -0.1) is 11.3 Å². The van der Waals surface area contributed by atoms with Crippen LogP contribution in [0, 0.1) is 12.7 Å². The zero-order valence-corrected chi connectivity index (χ0v) is 11.5. The van der Waals surface area contributed by atoms with E-state index >= 15 is 0 Å². The third-order valence-corrected chi connectivity index (χ3v) is 3.92. The molecule has 1 N–H and O–H groups in total. The van der Waals surface area contributed by atoms with Crippen molar-refractivity contribution in [3.63, 3.8) is 0 Å². The molecule has 2 aromatic heterocycles. The number of halogens is 1. The first-order chi connectivity index (χ1) is 9.63. The Balaban J connectivity index is 2.01. The number of benzene rings is 1. The van der Waals surface area contributed by atoms with Crippen LogP contribution in [-0.2, 0) is 0 Å². The van der Waals surface area contributed by atoms with Crippen molar-refractivity contribution in [3.05, 3.63) is 62.8 Å². The van der Waals surface area contributed by atoms with E-state index in [2.05, 4.69) is 9.97 Å². The quantitative estimate of drug-likeness (QED) is 0.782. The molecule has 0 radical (unpaired) electrons. The van der Waals surface area contributed by atoms with E-state index in [1.807, 2.05) is 12.3 Å². The number of nitrogens with one attached hydrogen (secondary N) is 1. The van der Waals surface area contributed by atoms with Crippen molar-refractivity contribution < 1.29 is 4.39 Å². The van der Waals surface area contributed by atoms with Gasteiger partial charge in [-0.05, 0) is 41.6 Å². The Kier molecular flexibility index (Phi) is 3.20. The van der Waals surface area contributed by atoms with Gasteiger partial charge in [0.25, 0.3) is 5.56 Å². The second-order valence-corrected chi connectivity index (χ2v) is 5.30. The topological polar surface area (TPSA) is 45.8 Å². The SMILES string of the molecule is Cc1csc2nc(C=Cc3cccc(F)c3)[nH]c(=O)c12. The van der Waals surface area contributed by atoms with Crippen molar-refractivity contribution in [1.82, 2.24) is 9.97 Å². The zero-order chi connectivity index (χ0) is 14.1. The molecule has 0 amide bonds. The van der Waals surface area contributed by atoms with E-state index in [-0.39, 0.29) is 11.4 Å². The summed E-state index contributed by atoms with van der Waals surface area (Å²) in [7, 11) is 0. The van der Waals surface area contributed by atoms with Crippen molar-refractivity contribution in [2.24, 2.45) is 0 Å². The maximum atomic E-state index is 13.1. The van der Waals surface area contributed by atoms with Gasteiger partial charge in [0.1, 0.15) is 16.5 Å². The summed E-state index contributed by atoms with van der Waals surface area (Å²) in [5.74, 6) is 0.173. The fourth-order valence-corrected chi connectivity index (χ4v) is 2.90. The molecule has 100 valence electrons. The Morgan fingerprint density at radius 2 is 2.20 bits per heavy atom. The normalized spacial score (nSPS) is 11.5. The van der Waals surface area contributed by atoms with Crippen LogP contribution in [0.2, 0.25) is 0 Å². The second kappa shape index (κ2) is 5.02. The van der Waals surface area contributed by atoms with Gasteiger partial charge in [-0.2, -0.15) is 0 Å². The predicted molar refractivity (Wildman–Crippen MR) is 80.3 cm³/mol. The fraction of sp³-hybridized carbons (Fsp3) is 0.0667. The molecule has 0 atom stereocenters. The molecule has 0 aliphatic rings. The van der Waals surface area contributed by atoms with Crippen LogP contribution >= 0.6 is 11.3 Å². The Morgan fingerprint density at radius 1 is 1.35 bits per heavy atom. The van der Waals surface area contributed by atoms with E-state index < -0.39 is 0 Å². The molecule has 20 heavy (non-hydrogen) atoms. The van der Waals surface area contributed by atoms with Crippen molar-refractivity contribution in [3.8, 4) is 0 Å². The highest BCUT2D eigenvalue weighted by molar-refractivity contribution is 7.16. The Morgan fingerprint density at radius 3 is 3.00 bits per heavy atom. The number of hydrogen-bond donors (Lipinski definition) is 1. The van der Waals surface area contributed by atoms with Gasteiger partial charge < -0.3 is 4.98 Å². The highest BCUT2D eigenvalue weighted by Crippen LogP contribution is 2.20. The Labute approximate surface area is 118 Å². The van der Waals surface area contributed by atoms with Crippen LogP contribution < -0.4 is 5.56 Å². The lowest BCUT2D eigenvalue weighted by Gasteiger charge is -1.96. The monoisotopic (exact) mass is 286 g/mol. The van der Waals surface area contributed by atoms with Gasteiger partial charge in [0.15, 0.2) is 0 Å². The molecule has 3 rings (SSSR count). The number of aryl methyl sites for hydroxylation is 1. The van der Waals surface area contributed by atoms with Gasteiger partial charge >= 0.3 is 0 Å². The molecule has 0 saturated carbocycles. The lowest BCUT2D eigenvalue weighted by atomic mass is 10.2. The molecule has 0 unspecified atom stereocenters. The van der Waals surface area contributed by atoms with Crippen LogP contribution in [0.5, 0.6) is 0 Å². The van der Waals surface area contributed by atoms with Gasteiger partial charge in [-0.3, -0.25) is 4.79 Å². The predicted octanol–water partition coefficient (Wildman–Crippen LogP) is 3.60. The minimum absolute atomic E-state index is 0.146. The van der Waals surface area contributed by atoms with Gasteiger partial charge in [-0.25, -0.2) is 9.37 Å². The maximum Gasteiger partial charge on any atom is 0.260 e. The number of fused-ring (bicyclic) bond motifs is 1. The maximum absolute atomic E-state index is 13.1. The summed E-state index contributed by atoms with van der Waals surface area (Å²) in [5.41, 5.74) is 1.50. The van der Waals surface area contributed by atoms with Gasteiger partial charge in [0.2, 0.25) is 0 Å². The van der Waals surface area contributed by atoms with E-state index in [1.165, 1.54) is 23.5 Å². The number of H-pyrrole nitrogens is 1. The van der Waals surface area contributed by atoms with Crippen molar-refractivity contribution in [1.29, 1.82) is 0 Å². The molecule has 5 heteroatoms. The van der Waals surface area contributed by atoms with E-state index in [1.54, 1.807) is 24.3 Å². The molecule has 3 aromatic rings. The average molecular weight is 286 g/mol. The summed E-state index contributed by atoms with van der Waals surface area (Å²) in [6, 6.07) is 6.23. The van der Waals surface area contributed by atoms with Crippen LogP contribution in [0.1, 0.15) is 17.0 Å². The third kappa shape index (κ3) is 2.40. The lowest BCUT2D eigenvalue weighted by Crippen LogP contribution is -2.08. The summed E-state index contributed by atoms with van der Waals surface area (Å²) >= 11 is 1.44. The third-order valence-electron chi connectivity index (χ3n) is 2.93. The van der Waals surface area contributed by atoms with Crippen LogP contribution in [-0.4, -0.2) is 9.97 Å². The fourth-order valence-electron chi connectivity index (χ4n) is 1.97. The number of nitrogens with zero attached hydrogens (tertiary/aromatic N) is 1. The summed E-state index contributed by atoms with van der Waals surface area (Å²) < 4.78 is 13.1. The molecule has 1 aromatic carbocycles. The minimum atomic E-state index is -0.294. The molecule has 0 saturated heterocycles. The number of aromatic amines is 1. The number of aromatic nitrogens is 2. The average Bonchev–Trinajstić information content (AvgIpc) is 2.79. The lowest BCUT2D eigenvalue weighted by molar-refractivity contribution is 0.627. The van der Waals surface area contributed by atoms with Crippen LogP contribution in [0.15, 0.2) is 34.4 Å². The summed E-state index contributed by atoms with van der Waals surface area (Å²) in [4.78, 5) is 19.8. The first kappa shape index (κ1) is 12.7. The first-order valence-corrected chi connectivity index (χ1v) is 6.93.